The van der Waals surface area contributed by atoms with E-state index in [4.69, 9.17) is 0 Å². The van der Waals surface area contributed by atoms with Gasteiger partial charge in [0.1, 0.15) is 0 Å². The summed E-state index contributed by atoms with van der Waals surface area (Å²) in [6, 6.07) is 3.89. The van der Waals surface area contributed by atoms with E-state index in [1.807, 2.05) is 24.5 Å². The van der Waals surface area contributed by atoms with Crippen molar-refractivity contribution in [3.8, 4) is 0 Å². The van der Waals surface area contributed by atoms with Crippen LogP contribution in [0.4, 0.5) is 0 Å². The van der Waals surface area contributed by atoms with Crippen LogP contribution in [0.1, 0.15) is 0 Å². The molecule has 0 unspecified atom stereocenters. The molecular weight excluding hydrogens is 222 g/mol. The summed E-state index contributed by atoms with van der Waals surface area (Å²) in [6.45, 7) is 0. The first-order chi connectivity index (χ1) is 3.91. The number of hydrogen-bond donors (Lipinski definition) is 1. The zero-order valence-corrected chi connectivity index (χ0v) is 7.67. The summed E-state index contributed by atoms with van der Waals surface area (Å²) in [4.78, 5) is 2.86. The third-order valence-electron chi connectivity index (χ3n) is 0.496. The van der Waals surface area contributed by atoms with Crippen molar-refractivity contribution < 1.29 is 14.9 Å². The van der Waals surface area contributed by atoms with Gasteiger partial charge in [0, 0.05) is 12.4 Å². The number of aromatic nitrogens is 1. The monoisotopic (exact) mass is 229 g/mol. The standard InChI is InChI=1S/C4H5N.Mo.2S/c1-2-4-5-3-1;;;/h1-5H;;;. The van der Waals surface area contributed by atoms with Gasteiger partial charge in [-0.1, -0.05) is 0 Å². The average Bonchev–Trinajstić information content (AvgIpc) is 2.17. The predicted octanol–water partition coefficient (Wildman–Crippen LogP) is 2.31. The minimum atomic E-state index is -0.363. The number of hydrogen-bond acceptors (Lipinski definition) is 2. The van der Waals surface area contributed by atoms with Crippen LogP contribution < -0.4 is 0 Å². The Labute approximate surface area is 63.9 Å². The quantitative estimate of drug-likeness (QED) is 0.684. The molecule has 0 saturated carbocycles. The van der Waals surface area contributed by atoms with Gasteiger partial charge in [-0.3, -0.25) is 0 Å². The molecule has 1 rings (SSSR count). The van der Waals surface area contributed by atoms with Gasteiger partial charge in [0.15, 0.2) is 0 Å². The van der Waals surface area contributed by atoms with Crippen molar-refractivity contribution >= 4 is 19.6 Å². The fourth-order valence-electron chi connectivity index (χ4n) is 0.278. The maximum atomic E-state index is 4.34. The first-order valence-electron chi connectivity index (χ1n) is 1.91. The van der Waals surface area contributed by atoms with Crippen LogP contribution in [0.2, 0.25) is 0 Å². The van der Waals surface area contributed by atoms with Crippen LogP contribution in [0, 0.1) is 0 Å². The van der Waals surface area contributed by atoms with Crippen LogP contribution in [0.25, 0.3) is 0 Å². The summed E-state index contributed by atoms with van der Waals surface area (Å²) in [5.41, 5.74) is 0. The van der Waals surface area contributed by atoms with Gasteiger partial charge < -0.3 is 4.98 Å². The van der Waals surface area contributed by atoms with E-state index < -0.39 is 0 Å². The molecule has 0 atom stereocenters. The van der Waals surface area contributed by atoms with Crippen LogP contribution in [-0.4, -0.2) is 4.98 Å². The van der Waals surface area contributed by atoms with Crippen molar-refractivity contribution in [1.29, 1.82) is 0 Å². The molecule has 0 fully saturated rings. The molecule has 1 nitrogen and oxygen atoms in total. The van der Waals surface area contributed by atoms with Crippen molar-refractivity contribution in [2.45, 2.75) is 0 Å². The Bertz CT molecular complexity index is 126. The predicted molar refractivity (Wildman–Crippen MR) is 36.0 cm³/mol. The second-order valence-corrected chi connectivity index (χ2v) is 4.51. The minimum absolute atomic E-state index is 0.363. The Kier molecular flexibility index (Phi) is 7.79. The molecule has 0 spiro atoms. The van der Waals surface area contributed by atoms with E-state index in [1.165, 1.54) is 0 Å². The normalized spacial score (nSPS) is 6.50. The van der Waals surface area contributed by atoms with Gasteiger partial charge in [0.2, 0.25) is 0 Å². The Balaban J connectivity index is 0.000000145. The van der Waals surface area contributed by atoms with Crippen molar-refractivity contribution in [2.75, 3.05) is 0 Å². The second kappa shape index (κ2) is 7.41. The molecule has 0 aliphatic rings. The van der Waals surface area contributed by atoms with Crippen LogP contribution in [-0.2, 0) is 14.9 Å². The first-order valence-corrected chi connectivity index (χ1v) is 7.49. The molecule has 4 heteroatoms. The average molecular weight is 227 g/mol. The fraction of sp³-hybridized carbons (Fsp3) is 0. The van der Waals surface area contributed by atoms with Gasteiger partial charge >= 0.3 is 34.6 Å². The Morgan fingerprint density at radius 3 is 1.62 bits per heavy atom. The van der Waals surface area contributed by atoms with E-state index in [0.29, 0.717) is 0 Å². The van der Waals surface area contributed by atoms with Crippen LogP contribution >= 0.6 is 19.6 Å². The molecule has 8 heavy (non-hydrogen) atoms. The van der Waals surface area contributed by atoms with Crippen molar-refractivity contribution in [1.82, 2.24) is 4.98 Å². The summed E-state index contributed by atoms with van der Waals surface area (Å²) in [6.07, 6.45) is 3.75. The molecule has 1 aromatic rings. The number of nitrogens with one attached hydrogen (secondary N) is 1. The van der Waals surface area contributed by atoms with Gasteiger partial charge in [-0.25, -0.2) is 0 Å². The fourth-order valence-corrected chi connectivity index (χ4v) is 0.278. The molecule has 1 N–H and O–H groups in total. The minimum Gasteiger partial charge on any atom is -0.368 e. The Hall–Kier alpha value is 0.408. The van der Waals surface area contributed by atoms with E-state index in [9.17, 15) is 0 Å². The van der Waals surface area contributed by atoms with Crippen molar-refractivity contribution in [3.05, 3.63) is 24.5 Å². The van der Waals surface area contributed by atoms with E-state index in [-0.39, 0.29) is 14.9 Å². The first kappa shape index (κ1) is 8.41. The number of H-pyrrole nitrogens is 1. The summed E-state index contributed by atoms with van der Waals surface area (Å²) in [5, 5.41) is 0. The van der Waals surface area contributed by atoms with Crippen LogP contribution in [0.3, 0.4) is 0 Å². The molecule has 0 saturated heterocycles. The molecule has 1 heterocycles. The van der Waals surface area contributed by atoms with Crippen molar-refractivity contribution in [3.63, 3.8) is 0 Å². The van der Waals surface area contributed by atoms with Crippen molar-refractivity contribution in [2.24, 2.45) is 0 Å². The molecule has 0 radical (unpaired) electrons. The van der Waals surface area contributed by atoms with Gasteiger partial charge in [-0.15, -0.1) is 0 Å². The van der Waals surface area contributed by atoms with Gasteiger partial charge in [-0.05, 0) is 12.1 Å². The molecule has 0 aromatic carbocycles. The Morgan fingerprint density at radius 2 is 1.50 bits per heavy atom. The molecule has 0 amide bonds. The second-order valence-electron chi connectivity index (χ2n) is 0.953. The zero-order chi connectivity index (χ0) is 6.24. The largest absolute Gasteiger partial charge is 0.368 e. The SMILES string of the molecule is [S]=[Mo]=[S].c1cc[nH]c1. The van der Waals surface area contributed by atoms with E-state index >= 15 is 0 Å². The van der Waals surface area contributed by atoms with Crippen LogP contribution in [0.15, 0.2) is 24.5 Å². The zero-order valence-electron chi connectivity index (χ0n) is 4.03. The van der Waals surface area contributed by atoms with Gasteiger partial charge in [-0.2, -0.15) is 0 Å². The maximum Gasteiger partial charge on any atom is 0.000496 e. The van der Waals surface area contributed by atoms with E-state index in [2.05, 4.69) is 24.6 Å². The van der Waals surface area contributed by atoms with E-state index in [1.54, 1.807) is 0 Å². The molecule has 44 valence electrons. The molecule has 0 bridgehead atoms. The van der Waals surface area contributed by atoms with Crippen LogP contribution in [0.5, 0.6) is 0 Å². The topological polar surface area (TPSA) is 15.8 Å². The summed E-state index contributed by atoms with van der Waals surface area (Å²) < 4.78 is 0. The molecule has 0 aliphatic carbocycles. The third-order valence-corrected chi connectivity index (χ3v) is 0.496. The molecule has 1 aromatic heterocycles. The third kappa shape index (κ3) is 6.41. The van der Waals surface area contributed by atoms with E-state index in [0.717, 1.165) is 0 Å². The summed E-state index contributed by atoms with van der Waals surface area (Å²) in [7, 11) is 8.68. The Morgan fingerprint density at radius 1 is 1.12 bits per heavy atom. The van der Waals surface area contributed by atoms with Gasteiger partial charge in [0.25, 0.3) is 0 Å². The molecular formula is C4H5MoNS2. The maximum absolute atomic E-state index is 4.34. The molecule has 0 aliphatic heterocycles. The number of rotatable bonds is 0. The smallest absolute Gasteiger partial charge is 0.000496 e. The summed E-state index contributed by atoms with van der Waals surface area (Å²) >= 11 is -0.363. The van der Waals surface area contributed by atoms with Gasteiger partial charge in [0.05, 0.1) is 0 Å². The summed E-state index contributed by atoms with van der Waals surface area (Å²) in [5.74, 6) is 0. The number of aromatic amines is 1.